The number of hydrogen-bond donors (Lipinski definition) is 2. The number of aromatic nitrogens is 2. The molecule has 1 aromatic heterocycles. The number of carbonyl (C=O) groups is 2. The van der Waals surface area contributed by atoms with Crippen LogP contribution in [-0.2, 0) is 22.6 Å². The number of carbonyl (C=O) groups excluding carboxylic acids is 2. The van der Waals surface area contributed by atoms with E-state index in [0.29, 0.717) is 25.8 Å². The van der Waals surface area contributed by atoms with Crippen molar-refractivity contribution in [3.05, 3.63) is 102 Å². The van der Waals surface area contributed by atoms with E-state index in [9.17, 15) is 9.59 Å². The second-order valence-corrected chi connectivity index (χ2v) is 8.51. The van der Waals surface area contributed by atoms with E-state index in [2.05, 4.69) is 10.6 Å². The van der Waals surface area contributed by atoms with Gasteiger partial charge in [-0.25, -0.2) is 4.68 Å². The van der Waals surface area contributed by atoms with Crippen LogP contribution in [0.15, 0.2) is 91.1 Å². The molecule has 2 amide bonds. The van der Waals surface area contributed by atoms with E-state index in [4.69, 9.17) is 5.10 Å². The van der Waals surface area contributed by atoms with Crippen LogP contribution in [0.4, 0.5) is 5.69 Å². The molecule has 1 aliphatic rings. The van der Waals surface area contributed by atoms with Gasteiger partial charge in [0, 0.05) is 41.9 Å². The Bertz CT molecular complexity index is 1300. The van der Waals surface area contributed by atoms with E-state index in [1.807, 2.05) is 95.8 Å². The van der Waals surface area contributed by atoms with Crippen molar-refractivity contribution in [2.24, 2.45) is 5.92 Å². The van der Waals surface area contributed by atoms with Gasteiger partial charge in [-0.15, -0.1) is 0 Å². The van der Waals surface area contributed by atoms with Crippen molar-refractivity contribution in [3.63, 3.8) is 0 Å². The minimum absolute atomic E-state index is 0.0120. The summed E-state index contributed by atoms with van der Waals surface area (Å²) in [6.45, 7) is 0.371. The number of fused-ring (bicyclic) bond motifs is 1. The maximum absolute atomic E-state index is 12.7. The minimum atomic E-state index is -0.193. The Morgan fingerprint density at radius 3 is 2.47 bits per heavy atom. The number of rotatable bonds is 7. The summed E-state index contributed by atoms with van der Waals surface area (Å²) >= 11 is 0. The summed E-state index contributed by atoms with van der Waals surface area (Å²) < 4.78 is 1.84. The predicted molar refractivity (Wildman–Crippen MR) is 132 cm³/mol. The molecule has 5 rings (SSSR count). The first-order valence-corrected chi connectivity index (χ1v) is 11.5. The second kappa shape index (κ2) is 9.75. The van der Waals surface area contributed by atoms with Gasteiger partial charge in [-0.2, -0.15) is 5.10 Å². The molecule has 0 saturated carbocycles. The molecule has 6 nitrogen and oxygen atoms in total. The van der Waals surface area contributed by atoms with Gasteiger partial charge in [0.15, 0.2) is 0 Å². The largest absolute Gasteiger partial charge is 0.352 e. The number of para-hydroxylation sites is 2. The zero-order chi connectivity index (χ0) is 23.3. The Balaban J connectivity index is 1.25. The molecule has 0 radical (unpaired) electrons. The molecule has 0 aliphatic carbocycles. The molecule has 2 N–H and O–H groups in total. The maximum atomic E-state index is 12.7. The molecule has 170 valence electrons. The molecular weight excluding hydrogens is 424 g/mol. The lowest BCUT2D eigenvalue weighted by atomic mass is 9.89. The molecule has 0 bridgehead atoms. The third-order valence-corrected chi connectivity index (χ3v) is 6.17. The lowest BCUT2D eigenvalue weighted by molar-refractivity contribution is -0.122. The van der Waals surface area contributed by atoms with Gasteiger partial charge in [-0.1, -0.05) is 66.7 Å². The van der Waals surface area contributed by atoms with Crippen LogP contribution in [0, 0.1) is 5.92 Å². The summed E-state index contributed by atoms with van der Waals surface area (Å²) in [6.07, 6.45) is 3.44. The van der Waals surface area contributed by atoms with Gasteiger partial charge in [-0.3, -0.25) is 9.59 Å². The fraction of sp³-hybridized carbons (Fsp3) is 0.179. The molecule has 1 atom stereocenters. The predicted octanol–water partition coefficient (Wildman–Crippen LogP) is 4.75. The van der Waals surface area contributed by atoms with Crippen LogP contribution in [0.3, 0.4) is 0 Å². The summed E-state index contributed by atoms with van der Waals surface area (Å²) in [5.41, 5.74) is 5.73. The van der Waals surface area contributed by atoms with Crippen molar-refractivity contribution in [3.8, 4) is 16.9 Å². The highest BCUT2D eigenvalue weighted by Crippen LogP contribution is 2.28. The highest BCUT2D eigenvalue weighted by Gasteiger charge is 2.26. The average Bonchev–Trinajstić information content (AvgIpc) is 3.31. The average molecular weight is 451 g/mol. The van der Waals surface area contributed by atoms with E-state index in [-0.39, 0.29) is 17.7 Å². The first-order valence-electron chi connectivity index (χ1n) is 11.5. The van der Waals surface area contributed by atoms with Gasteiger partial charge in [-0.05, 0) is 36.6 Å². The smallest absolute Gasteiger partial charge is 0.227 e. The molecule has 6 heteroatoms. The molecule has 0 saturated heterocycles. The number of amides is 2. The van der Waals surface area contributed by atoms with Crippen LogP contribution in [0.2, 0.25) is 0 Å². The van der Waals surface area contributed by atoms with Crippen molar-refractivity contribution < 1.29 is 9.59 Å². The second-order valence-electron chi connectivity index (χ2n) is 8.51. The summed E-state index contributed by atoms with van der Waals surface area (Å²) in [7, 11) is 0. The van der Waals surface area contributed by atoms with Crippen LogP contribution >= 0.6 is 0 Å². The monoisotopic (exact) mass is 450 g/mol. The Morgan fingerprint density at radius 2 is 1.68 bits per heavy atom. The zero-order valence-corrected chi connectivity index (χ0v) is 18.8. The molecule has 4 aromatic rings. The quantitative estimate of drug-likeness (QED) is 0.427. The zero-order valence-electron chi connectivity index (χ0n) is 18.8. The van der Waals surface area contributed by atoms with Crippen molar-refractivity contribution in [2.75, 3.05) is 5.32 Å². The summed E-state index contributed by atoms with van der Waals surface area (Å²) in [4.78, 5) is 25.1. The molecule has 34 heavy (non-hydrogen) atoms. The molecule has 0 spiro atoms. The Hall–Kier alpha value is -4.19. The first-order chi connectivity index (χ1) is 16.7. The Labute approximate surface area is 198 Å². The van der Waals surface area contributed by atoms with Crippen LogP contribution in [-0.4, -0.2) is 21.6 Å². The highest BCUT2D eigenvalue weighted by molar-refractivity contribution is 5.96. The summed E-state index contributed by atoms with van der Waals surface area (Å²) in [5, 5.41) is 10.8. The molecule has 1 aliphatic heterocycles. The molecule has 0 fully saturated rings. The lowest BCUT2D eigenvalue weighted by Gasteiger charge is -2.24. The number of anilines is 1. The van der Waals surface area contributed by atoms with E-state index in [1.165, 1.54) is 0 Å². The molecule has 3 aromatic carbocycles. The SMILES string of the molecule is O=C(CC[C@@H]1Cc2ccccc2NC1=O)NCc1cn(-c2ccccc2)nc1-c1ccccc1. The normalized spacial score (nSPS) is 14.8. The van der Waals surface area contributed by atoms with E-state index < -0.39 is 0 Å². The first kappa shape index (κ1) is 21.6. The van der Waals surface area contributed by atoms with Gasteiger partial charge >= 0.3 is 0 Å². The number of nitrogens with one attached hydrogen (secondary N) is 2. The minimum Gasteiger partial charge on any atom is -0.352 e. The van der Waals surface area contributed by atoms with Gasteiger partial charge in [0.05, 0.1) is 11.4 Å². The third-order valence-electron chi connectivity index (χ3n) is 6.17. The van der Waals surface area contributed by atoms with Gasteiger partial charge in [0.25, 0.3) is 0 Å². The Morgan fingerprint density at radius 1 is 0.971 bits per heavy atom. The Kier molecular flexibility index (Phi) is 6.21. The van der Waals surface area contributed by atoms with Gasteiger partial charge < -0.3 is 10.6 Å². The fourth-order valence-electron chi connectivity index (χ4n) is 4.32. The van der Waals surface area contributed by atoms with E-state index in [0.717, 1.165) is 33.8 Å². The lowest BCUT2D eigenvalue weighted by Crippen LogP contribution is -2.31. The standard InChI is InChI=1S/C28H26N4O2/c33-26(16-15-22-17-21-11-7-8-14-25(21)30-28(22)34)29-18-23-19-32(24-12-5-2-6-13-24)31-27(23)20-9-3-1-4-10-20/h1-14,19,22H,15-18H2,(H,29,33)(H,30,34)/t22-/m1/s1. The van der Waals surface area contributed by atoms with Gasteiger partial charge in [0.2, 0.25) is 11.8 Å². The van der Waals surface area contributed by atoms with E-state index in [1.54, 1.807) is 0 Å². The maximum Gasteiger partial charge on any atom is 0.227 e. The molecular formula is C28H26N4O2. The number of hydrogen-bond acceptors (Lipinski definition) is 3. The van der Waals surface area contributed by atoms with E-state index >= 15 is 0 Å². The third kappa shape index (κ3) is 4.76. The van der Waals surface area contributed by atoms with Crippen molar-refractivity contribution >= 4 is 17.5 Å². The van der Waals surface area contributed by atoms with Gasteiger partial charge in [0.1, 0.15) is 0 Å². The number of benzene rings is 3. The van der Waals surface area contributed by atoms with Crippen molar-refractivity contribution in [2.45, 2.75) is 25.8 Å². The van der Waals surface area contributed by atoms with Crippen molar-refractivity contribution in [1.82, 2.24) is 15.1 Å². The highest BCUT2D eigenvalue weighted by atomic mass is 16.2. The molecule has 2 heterocycles. The van der Waals surface area contributed by atoms with Crippen molar-refractivity contribution in [1.29, 1.82) is 0 Å². The van der Waals surface area contributed by atoms with Crippen LogP contribution in [0.5, 0.6) is 0 Å². The molecule has 0 unspecified atom stereocenters. The summed E-state index contributed by atoms with van der Waals surface area (Å²) in [5.74, 6) is -0.276. The van der Waals surface area contributed by atoms with Crippen LogP contribution < -0.4 is 10.6 Å². The van der Waals surface area contributed by atoms with Crippen LogP contribution in [0.1, 0.15) is 24.0 Å². The van der Waals surface area contributed by atoms with Crippen LogP contribution in [0.25, 0.3) is 16.9 Å². The topological polar surface area (TPSA) is 76.0 Å². The fourth-order valence-corrected chi connectivity index (χ4v) is 4.32. The number of nitrogens with zero attached hydrogens (tertiary/aromatic N) is 2. The summed E-state index contributed by atoms with van der Waals surface area (Å²) in [6, 6.07) is 27.7.